The molecule has 0 saturated carbocycles. The van der Waals surface area contributed by atoms with Crippen LogP contribution in [0, 0.1) is 0 Å². The highest BCUT2D eigenvalue weighted by atomic mass is 16.2. The molecule has 2 aromatic carbocycles. The van der Waals surface area contributed by atoms with Crippen molar-refractivity contribution in [1.82, 2.24) is 19.5 Å². The molecule has 150 valence electrons. The average molecular weight is 397 g/mol. The normalized spacial score (nSPS) is 14.3. The fraction of sp³-hybridized carbons (Fsp3) is 0.208. The molecule has 0 atom stereocenters. The number of anilines is 1. The molecule has 1 aliphatic rings. The summed E-state index contributed by atoms with van der Waals surface area (Å²) in [7, 11) is 0. The van der Waals surface area contributed by atoms with Crippen molar-refractivity contribution >= 4 is 17.4 Å². The Labute approximate surface area is 175 Å². The summed E-state index contributed by atoms with van der Waals surface area (Å²) in [4.78, 5) is 20.8. The van der Waals surface area contributed by atoms with E-state index >= 15 is 0 Å². The molecule has 5 rings (SSSR count). The Kier molecular flexibility index (Phi) is 4.67. The molecule has 0 spiro atoms. The first kappa shape index (κ1) is 18.4. The van der Waals surface area contributed by atoms with Gasteiger partial charge in [-0.2, -0.15) is 9.61 Å². The number of fused-ring (bicyclic) bond motifs is 1. The summed E-state index contributed by atoms with van der Waals surface area (Å²) in [6.07, 6.45) is 0. The van der Waals surface area contributed by atoms with Crippen molar-refractivity contribution in [2.75, 3.05) is 31.1 Å². The van der Waals surface area contributed by atoms with Crippen LogP contribution in [0.1, 0.15) is 6.92 Å². The van der Waals surface area contributed by atoms with Crippen LogP contribution in [-0.2, 0) is 4.79 Å². The van der Waals surface area contributed by atoms with Crippen molar-refractivity contribution in [1.29, 1.82) is 0 Å². The molecule has 30 heavy (non-hydrogen) atoms. The number of hydrogen-bond donors (Lipinski definition) is 0. The van der Waals surface area contributed by atoms with Gasteiger partial charge in [-0.05, 0) is 0 Å². The van der Waals surface area contributed by atoms with E-state index in [-0.39, 0.29) is 5.91 Å². The number of aromatic nitrogens is 3. The van der Waals surface area contributed by atoms with E-state index in [1.807, 2.05) is 51.9 Å². The van der Waals surface area contributed by atoms with Gasteiger partial charge in [0.15, 0.2) is 5.65 Å². The molecule has 0 bridgehead atoms. The summed E-state index contributed by atoms with van der Waals surface area (Å²) < 4.78 is 1.93. The molecule has 6 heteroatoms. The van der Waals surface area contributed by atoms with Crippen molar-refractivity contribution in [3.63, 3.8) is 0 Å². The minimum atomic E-state index is 0.130. The number of benzene rings is 2. The maximum Gasteiger partial charge on any atom is 0.219 e. The van der Waals surface area contributed by atoms with Crippen molar-refractivity contribution in [3.8, 4) is 22.5 Å². The van der Waals surface area contributed by atoms with Crippen molar-refractivity contribution in [3.05, 3.63) is 72.8 Å². The lowest BCUT2D eigenvalue weighted by Crippen LogP contribution is -2.48. The Morgan fingerprint density at radius 2 is 1.40 bits per heavy atom. The van der Waals surface area contributed by atoms with Gasteiger partial charge in [-0.25, -0.2) is 4.98 Å². The lowest BCUT2D eigenvalue weighted by molar-refractivity contribution is -0.129. The van der Waals surface area contributed by atoms with Crippen LogP contribution in [0.25, 0.3) is 28.2 Å². The van der Waals surface area contributed by atoms with E-state index in [0.717, 1.165) is 47.1 Å². The lowest BCUT2D eigenvalue weighted by Gasteiger charge is -2.35. The molecule has 4 aromatic rings. The molecule has 0 radical (unpaired) electrons. The molecule has 0 N–H and O–H groups in total. The van der Waals surface area contributed by atoms with E-state index in [4.69, 9.17) is 10.1 Å². The maximum absolute atomic E-state index is 11.7. The first-order chi connectivity index (χ1) is 14.7. The van der Waals surface area contributed by atoms with Gasteiger partial charge in [0.1, 0.15) is 5.82 Å². The molecule has 2 aromatic heterocycles. The SMILES string of the molecule is CC(=O)N1CCN(c2cc(-c3ccccc3)nc3cc(-c4ccccc4)nn23)CC1. The third-order valence-corrected chi connectivity index (χ3v) is 5.60. The lowest BCUT2D eigenvalue weighted by atomic mass is 10.1. The highest BCUT2D eigenvalue weighted by Gasteiger charge is 2.22. The number of carbonyl (C=O) groups is 1. The van der Waals surface area contributed by atoms with Gasteiger partial charge < -0.3 is 9.80 Å². The maximum atomic E-state index is 11.7. The van der Waals surface area contributed by atoms with Crippen LogP contribution in [0.5, 0.6) is 0 Å². The van der Waals surface area contributed by atoms with Crippen LogP contribution >= 0.6 is 0 Å². The van der Waals surface area contributed by atoms with Crippen LogP contribution < -0.4 is 4.90 Å². The van der Waals surface area contributed by atoms with E-state index in [2.05, 4.69) is 35.2 Å². The van der Waals surface area contributed by atoms with E-state index in [1.165, 1.54) is 0 Å². The largest absolute Gasteiger partial charge is 0.353 e. The second-order valence-electron chi connectivity index (χ2n) is 7.52. The smallest absolute Gasteiger partial charge is 0.219 e. The summed E-state index contributed by atoms with van der Waals surface area (Å²) in [6, 6.07) is 24.5. The summed E-state index contributed by atoms with van der Waals surface area (Å²) >= 11 is 0. The Morgan fingerprint density at radius 1 is 0.800 bits per heavy atom. The third kappa shape index (κ3) is 3.41. The predicted octanol–water partition coefficient (Wildman–Crippen LogP) is 3.73. The van der Waals surface area contributed by atoms with E-state index in [9.17, 15) is 4.79 Å². The number of carbonyl (C=O) groups excluding carboxylic acids is 1. The fourth-order valence-corrected chi connectivity index (χ4v) is 3.94. The Hall–Kier alpha value is -3.67. The highest BCUT2D eigenvalue weighted by Crippen LogP contribution is 2.28. The Morgan fingerprint density at radius 3 is 2.00 bits per heavy atom. The molecule has 1 aliphatic heterocycles. The van der Waals surface area contributed by atoms with Crippen LogP contribution in [0.4, 0.5) is 5.82 Å². The van der Waals surface area contributed by atoms with Gasteiger partial charge in [0.25, 0.3) is 0 Å². The van der Waals surface area contributed by atoms with E-state index < -0.39 is 0 Å². The molecule has 3 heterocycles. The molecule has 6 nitrogen and oxygen atoms in total. The number of rotatable bonds is 3. The molecule has 1 amide bonds. The summed E-state index contributed by atoms with van der Waals surface area (Å²) in [6.45, 7) is 4.60. The highest BCUT2D eigenvalue weighted by molar-refractivity contribution is 5.74. The van der Waals surface area contributed by atoms with E-state index in [0.29, 0.717) is 13.1 Å². The van der Waals surface area contributed by atoms with Crippen LogP contribution in [0.3, 0.4) is 0 Å². The first-order valence-corrected chi connectivity index (χ1v) is 10.2. The zero-order valence-electron chi connectivity index (χ0n) is 16.9. The Balaban J connectivity index is 1.61. The molecule has 1 fully saturated rings. The average Bonchev–Trinajstić information content (AvgIpc) is 3.24. The summed E-state index contributed by atoms with van der Waals surface area (Å²) in [5.74, 6) is 1.13. The van der Waals surface area contributed by atoms with E-state index in [1.54, 1.807) is 6.92 Å². The number of piperazine rings is 1. The first-order valence-electron chi connectivity index (χ1n) is 10.2. The zero-order valence-corrected chi connectivity index (χ0v) is 16.9. The standard InChI is InChI=1S/C24H23N5O/c1-18(30)27-12-14-28(15-13-27)24-17-21(19-8-4-2-5-9-19)25-23-16-22(26-29(23)24)20-10-6-3-7-11-20/h2-11,16-17H,12-15H2,1H3. The van der Waals surface area contributed by atoms with Crippen LogP contribution in [-0.4, -0.2) is 51.6 Å². The van der Waals surface area contributed by atoms with Crippen LogP contribution in [0.15, 0.2) is 72.8 Å². The second-order valence-corrected chi connectivity index (χ2v) is 7.52. The third-order valence-electron chi connectivity index (χ3n) is 5.60. The molecular weight excluding hydrogens is 374 g/mol. The molecule has 0 aliphatic carbocycles. The van der Waals surface area contributed by atoms with Gasteiger partial charge in [0.2, 0.25) is 5.91 Å². The minimum Gasteiger partial charge on any atom is -0.353 e. The predicted molar refractivity (Wildman–Crippen MR) is 118 cm³/mol. The monoisotopic (exact) mass is 397 g/mol. The van der Waals surface area contributed by atoms with Crippen molar-refractivity contribution in [2.24, 2.45) is 0 Å². The van der Waals surface area contributed by atoms with Gasteiger partial charge in [-0.15, -0.1) is 0 Å². The number of hydrogen-bond acceptors (Lipinski definition) is 4. The van der Waals surface area contributed by atoms with Crippen molar-refractivity contribution in [2.45, 2.75) is 6.92 Å². The van der Waals surface area contributed by atoms with Gasteiger partial charge in [-0.1, -0.05) is 60.7 Å². The van der Waals surface area contributed by atoms with Crippen molar-refractivity contribution < 1.29 is 4.79 Å². The number of amides is 1. The quantitative estimate of drug-likeness (QED) is 0.529. The number of nitrogens with zero attached hydrogens (tertiary/aromatic N) is 5. The summed E-state index contributed by atoms with van der Waals surface area (Å²) in [5.41, 5.74) is 4.78. The summed E-state index contributed by atoms with van der Waals surface area (Å²) in [5, 5.41) is 4.88. The fourth-order valence-electron chi connectivity index (χ4n) is 3.94. The van der Waals surface area contributed by atoms with Gasteiger partial charge >= 0.3 is 0 Å². The van der Waals surface area contributed by atoms with Crippen LogP contribution in [0.2, 0.25) is 0 Å². The van der Waals surface area contributed by atoms with Gasteiger partial charge in [0.05, 0.1) is 11.4 Å². The minimum absolute atomic E-state index is 0.130. The molecular formula is C24H23N5O. The van der Waals surface area contributed by atoms with Gasteiger partial charge in [0, 0.05) is 56.4 Å². The Bertz CT molecular complexity index is 1180. The second kappa shape index (κ2) is 7.63. The van der Waals surface area contributed by atoms with Gasteiger partial charge in [-0.3, -0.25) is 4.79 Å². The molecule has 1 saturated heterocycles. The topological polar surface area (TPSA) is 53.7 Å². The molecule has 0 unspecified atom stereocenters. The zero-order chi connectivity index (χ0) is 20.5.